The second kappa shape index (κ2) is 5.47. The summed E-state index contributed by atoms with van der Waals surface area (Å²) in [5, 5.41) is 5.15. The van der Waals surface area contributed by atoms with Crippen LogP contribution in [0.1, 0.15) is 25.7 Å². The van der Waals surface area contributed by atoms with Gasteiger partial charge in [-0.15, -0.1) is 0 Å². The number of rotatable bonds is 2. The highest BCUT2D eigenvalue weighted by Crippen LogP contribution is 2.33. The number of nitrogens with zero attached hydrogens (tertiary/aromatic N) is 1. The molecule has 2 atom stereocenters. The fourth-order valence-corrected chi connectivity index (χ4v) is 4.04. The number of hydrogen-bond donors (Lipinski definition) is 2. The molecule has 3 rings (SSSR count). The van der Waals surface area contributed by atoms with Gasteiger partial charge in [0.15, 0.2) is 0 Å². The number of morpholine rings is 1. The summed E-state index contributed by atoms with van der Waals surface area (Å²) in [4.78, 5) is 2.27. The van der Waals surface area contributed by atoms with Gasteiger partial charge in [0.1, 0.15) is 4.90 Å². The first-order chi connectivity index (χ1) is 9.97. The molecule has 2 fully saturated rings. The third kappa shape index (κ3) is 2.86. The first-order valence-corrected chi connectivity index (χ1v) is 8.82. The van der Waals surface area contributed by atoms with E-state index in [4.69, 9.17) is 15.6 Å². The number of nitrogen functional groups attached to an aromatic ring is 1. The van der Waals surface area contributed by atoms with Crippen LogP contribution < -0.4 is 15.8 Å². The average Bonchev–Trinajstić information content (AvgIpc) is 2.45. The Hall–Kier alpha value is -1.31. The van der Waals surface area contributed by atoms with E-state index in [1.54, 1.807) is 12.1 Å². The molecular formula is C14H21N3O3S. The molecule has 4 N–H and O–H groups in total. The molecule has 1 saturated carbocycles. The number of benzene rings is 1. The highest BCUT2D eigenvalue weighted by atomic mass is 32.2. The molecule has 0 aromatic heterocycles. The smallest absolute Gasteiger partial charge is 0.240 e. The minimum Gasteiger partial charge on any atom is -0.398 e. The molecule has 0 radical (unpaired) electrons. The fraction of sp³-hybridized carbons (Fsp3) is 0.571. The zero-order chi connectivity index (χ0) is 15.0. The molecule has 1 heterocycles. The quantitative estimate of drug-likeness (QED) is 0.796. The highest BCUT2D eigenvalue weighted by molar-refractivity contribution is 7.89. The van der Waals surface area contributed by atoms with Crippen molar-refractivity contribution in [2.75, 3.05) is 23.8 Å². The van der Waals surface area contributed by atoms with E-state index in [9.17, 15) is 8.42 Å². The minimum absolute atomic E-state index is 0.0142. The molecule has 6 nitrogen and oxygen atoms in total. The number of sulfonamides is 1. The van der Waals surface area contributed by atoms with Crippen LogP contribution in [0.15, 0.2) is 23.1 Å². The summed E-state index contributed by atoms with van der Waals surface area (Å²) in [6.07, 6.45) is 4.87. The largest absolute Gasteiger partial charge is 0.398 e. The molecule has 1 aliphatic carbocycles. The summed E-state index contributed by atoms with van der Waals surface area (Å²) < 4.78 is 28.7. The van der Waals surface area contributed by atoms with Gasteiger partial charge in [-0.25, -0.2) is 13.6 Å². The predicted octanol–water partition coefficient (Wildman–Crippen LogP) is 1.06. The van der Waals surface area contributed by atoms with E-state index < -0.39 is 10.0 Å². The molecule has 116 valence electrons. The van der Waals surface area contributed by atoms with Crippen LogP contribution in [0, 0.1) is 0 Å². The predicted molar refractivity (Wildman–Crippen MR) is 81.6 cm³/mol. The second-order valence-corrected chi connectivity index (χ2v) is 7.25. The SMILES string of the molecule is Nc1cc(N2CCOC3CCCCC32)ccc1S(N)(=O)=O. The van der Waals surface area contributed by atoms with Crippen molar-refractivity contribution >= 4 is 21.4 Å². The van der Waals surface area contributed by atoms with Crippen LogP contribution in [0.5, 0.6) is 0 Å². The lowest BCUT2D eigenvalue weighted by molar-refractivity contribution is -0.00867. The van der Waals surface area contributed by atoms with Crippen molar-refractivity contribution < 1.29 is 13.2 Å². The van der Waals surface area contributed by atoms with E-state index >= 15 is 0 Å². The molecule has 2 aliphatic rings. The summed E-state index contributed by atoms with van der Waals surface area (Å²) in [6.45, 7) is 1.49. The number of hydrogen-bond acceptors (Lipinski definition) is 5. The van der Waals surface area contributed by atoms with Crippen molar-refractivity contribution in [2.45, 2.75) is 42.7 Å². The Labute approximate surface area is 125 Å². The Bertz CT molecular complexity index is 630. The number of ether oxygens (including phenoxy) is 1. The normalized spacial score (nSPS) is 26.4. The maximum atomic E-state index is 11.4. The fourth-order valence-electron chi connectivity index (χ4n) is 3.39. The van der Waals surface area contributed by atoms with Crippen molar-refractivity contribution in [1.82, 2.24) is 0 Å². The lowest BCUT2D eigenvalue weighted by Gasteiger charge is -2.45. The van der Waals surface area contributed by atoms with Gasteiger partial charge >= 0.3 is 0 Å². The van der Waals surface area contributed by atoms with E-state index in [0.29, 0.717) is 12.6 Å². The van der Waals surface area contributed by atoms with Gasteiger partial charge in [-0.05, 0) is 31.0 Å². The average molecular weight is 311 g/mol. The molecule has 1 aliphatic heterocycles. The zero-order valence-corrected chi connectivity index (χ0v) is 12.7. The van der Waals surface area contributed by atoms with Crippen molar-refractivity contribution in [3.8, 4) is 0 Å². The third-order valence-electron chi connectivity index (χ3n) is 4.36. The summed E-state index contributed by atoms with van der Waals surface area (Å²) in [5.41, 5.74) is 7.01. The monoisotopic (exact) mass is 311 g/mol. The van der Waals surface area contributed by atoms with Crippen molar-refractivity contribution in [1.29, 1.82) is 0 Å². The first kappa shape index (κ1) is 14.6. The van der Waals surface area contributed by atoms with E-state index in [2.05, 4.69) is 4.90 Å². The van der Waals surface area contributed by atoms with Crippen molar-refractivity contribution in [2.24, 2.45) is 5.14 Å². The van der Waals surface area contributed by atoms with E-state index in [1.165, 1.54) is 18.9 Å². The van der Waals surface area contributed by atoms with Crippen LogP contribution in [0.3, 0.4) is 0 Å². The van der Waals surface area contributed by atoms with Gasteiger partial charge < -0.3 is 15.4 Å². The lowest BCUT2D eigenvalue weighted by atomic mass is 9.90. The van der Waals surface area contributed by atoms with Crippen molar-refractivity contribution in [3.63, 3.8) is 0 Å². The molecule has 1 aromatic rings. The maximum absolute atomic E-state index is 11.4. The van der Waals surface area contributed by atoms with Crippen LogP contribution >= 0.6 is 0 Å². The van der Waals surface area contributed by atoms with Crippen LogP contribution in [-0.4, -0.2) is 33.7 Å². The molecular weight excluding hydrogens is 290 g/mol. The third-order valence-corrected chi connectivity index (χ3v) is 5.35. The van der Waals surface area contributed by atoms with Gasteiger partial charge in [-0.2, -0.15) is 0 Å². The van der Waals surface area contributed by atoms with Crippen LogP contribution in [0.4, 0.5) is 11.4 Å². The van der Waals surface area contributed by atoms with E-state index in [0.717, 1.165) is 25.1 Å². The Morgan fingerprint density at radius 3 is 2.71 bits per heavy atom. The maximum Gasteiger partial charge on any atom is 0.240 e. The second-order valence-electron chi connectivity index (χ2n) is 5.72. The highest BCUT2D eigenvalue weighted by Gasteiger charge is 2.34. The lowest BCUT2D eigenvalue weighted by Crippen LogP contribution is -2.52. The Kier molecular flexibility index (Phi) is 3.81. The first-order valence-electron chi connectivity index (χ1n) is 7.27. The number of nitrogens with two attached hydrogens (primary N) is 2. The summed E-state index contributed by atoms with van der Waals surface area (Å²) in [5.74, 6) is 0. The minimum atomic E-state index is -3.77. The Morgan fingerprint density at radius 1 is 1.24 bits per heavy atom. The van der Waals surface area contributed by atoms with Crippen LogP contribution in [0.2, 0.25) is 0 Å². The van der Waals surface area contributed by atoms with Gasteiger partial charge in [-0.1, -0.05) is 12.8 Å². The Morgan fingerprint density at radius 2 is 2.00 bits per heavy atom. The van der Waals surface area contributed by atoms with Gasteiger partial charge in [0.25, 0.3) is 0 Å². The van der Waals surface area contributed by atoms with Crippen LogP contribution in [-0.2, 0) is 14.8 Å². The van der Waals surface area contributed by atoms with Gasteiger partial charge in [0.05, 0.1) is 24.4 Å². The van der Waals surface area contributed by atoms with Gasteiger partial charge in [0.2, 0.25) is 10.0 Å². The van der Waals surface area contributed by atoms with Gasteiger partial charge in [-0.3, -0.25) is 0 Å². The molecule has 1 saturated heterocycles. The molecule has 0 bridgehead atoms. The van der Waals surface area contributed by atoms with E-state index in [1.807, 2.05) is 0 Å². The topological polar surface area (TPSA) is 98.6 Å². The molecule has 0 amide bonds. The van der Waals surface area contributed by atoms with Crippen molar-refractivity contribution in [3.05, 3.63) is 18.2 Å². The molecule has 2 unspecified atom stereocenters. The zero-order valence-electron chi connectivity index (χ0n) is 11.9. The van der Waals surface area contributed by atoms with Gasteiger partial charge in [0, 0.05) is 12.2 Å². The Balaban J connectivity index is 1.91. The number of anilines is 2. The molecule has 21 heavy (non-hydrogen) atoms. The summed E-state index contributed by atoms with van der Waals surface area (Å²) in [6, 6.07) is 5.34. The molecule has 7 heteroatoms. The summed E-state index contributed by atoms with van der Waals surface area (Å²) >= 11 is 0. The van der Waals surface area contributed by atoms with Crippen LogP contribution in [0.25, 0.3) is 0 Å². The standard InChI is InChI=1S/C14H21N3O3S/c15-11-9-10(5-6-14(11)21(16,18)19)17-7-8-20-13-4-2-1-3-12(13)17/h5-6,9,12-13H,1-4,7-8,15H2,(H2,16,18,19). The molecule has 0 spiro atoms. The number of primary sulfonamides is 1. The number of fused-ring (bicyclic) bond motifs is 1. The summed E-state index contributed by atoms with van der Waals surface area (Å²) in [7, 11) is -3.77. The molecule has 1 aromatic carbocycles. The van der Waals surface area contributed by atoms with E-state index in [-0.39, 0.29) is 16.7 Å².